The lowest BCUT2D eigenvalue weighted by Gasteiger charge is -2.15. The molecule has 4 heteroatoms. The van der Waals surface area contributed by atoms with Gasteiger partial charge in [0.2, 0.25) is 0 Å². The highest BCUT2D eigenvalue weighted by molar-refractivity contribution is 5.98. The summed E-state index contributed by atoms with van der Waals surface area (Å²) in [6, 6.07) is 13.8. The summed E-state index contributed by atoms with van der Waals surface area (Å²) in [6.07, 6.45) is 2.02. The van der Waals surface area contributed by atoms with E-state index >= 15 is 0 Å². The van der Waals surface area contributed by atoms with E-state index in [9.17, 15) is 9.90 Å². The minimum Gasteiger partial charge on any atom is -0.497 e. The van der Waals surface area contributed by atoms with Crippen molar-refractivity contribution in [3.8, 4) is 11.5 Å². The fourth-order valence-electron chi connectivity index (χ4n) is 3.33. The number of rotatable bonds is 6. The molecule has 1 aliphatic carbocycles. The molecule has 0 fully saturated rings. The molecule has 25 heavy (non-hydrogen) atoms. The molecule has 0 spiro atoms. The molecule has 0 bridgehead atoms. The van der Waals surface area contributed by atoms with E-state index in [4.69, 9.17) is 9.47 Å². The van der Waals surface area contributed by atoms with E-state index in [0.29, 0.717) is 24.4 Å². The van der Waals surface area contributed by atoms with Crippen molar-refractivity contribution < 1.29 is 19.4 Å². The molecule has 0 heterocycles. The molecule has 1 aliphatic rings. The lowest BCUT2D eigenvalue weighted by molar-refractivity contribution is -0.132. The molecular formula is C21H22O4. The Kier molecular flexibility index (Phi) is 5.08. The van der Waals surface area contributed by atoms with Crippen molar-refractivity contribution in [1.29, 1.82) is 0 Å². The smallest absolute Gasteiger partial charge is 0.331 e. The summed E-state index contributed by atoms with van der Waals surface area (Å²) in [6.45, 7) is 2.31. The van der Waals surface area contributed by atoms with Crippen LogP contribution >= 0.6 is 0 Å². The van der Waals surface area contributed by atoms with E-state index in [-0.39, 0.29) is 0 Å². The van der Waals surface area contributed by atoms with Gasteiger partial charge in [-0.15, -0.1) is 0 Å². The first-order chi connectivity index (χ1) is 12.1. The van der Waals surface area contributed by atoms with Crippen LogP contribution in [0.5, 0.6) is 11.5 Å². The number of fused-ring (bicyclic) bond motifs is 1. The van der Waals surface area contributed by atoms with Crippen LogP contribution < -0.4 is 9.47 Å². The minimum absolute atomic E-state index is 0.433. The Balaban J connectivity index is 2.03. The highest BCUT2D eigenvalue weighted by Crippen LogP contribution is 2.43. The highest BCUT2D eigenvalue weighted by atomic mass is 16.5. The Hall–Kier alpha value is -2.75. The van der Waals surface area contributed by atoms with Gasteiger partial charge in [-0.05, 0) is 42.0 Å². The quantitative estimate of drug-likeness (QED) is 0.790. The van der Waals surface area contributed by atoms with Gasteiger partial charge in [-0.1, -0.05) is 37.3 Å². The zero-order chi connectivity index (χ0) is 17.8. The van der Waals surface area contributed by atoms with Crippen LogP contribution in [0.1, 0.15) is 36.5 Å². The molecule has 0 radical (unpaired) electrons. The molecule has 1 N–H and O–H groups in total. The van der Waals surface area contributed by atoms with Gasteiger partial charge < -0.3 is 14.6 Å². The van der Waals surface area contributed by atoms with Gasteiger partial charge in [0.1, 0.15) is 18.1 Å². The largest absolute Gasteiger partial charge is 0.497 e. The Labute approximate surface area is 147 Å². The molecule has 0 aliphatic heterocycles. The normalized spacial score (nSPS) is 14.8. The summed E-state index contributed by atoms with van der Waals surface area (Å²) in [7, 11) is 1.63. The van der Waals surface area contributed by atoms with Crippen LogP contribution in [-0.4, -0.2) is 18.2 Å². The van der Waals surface area contributed by atoms with E-state index in [1.807, 2.05) is 49.4 Å². The number of carboxylic acids is 1. The fraction of sp³-hybridized carbons (Fsp3) is 0.286. The lowest BCUT2D eigenvalue weighted by atomic mass is 9.98. The fourth-order valence-corrected chi connectivity index (χ4v) is 3.33. The maximum Gasteiger partial charge on any atom is 0.331 e. The Morgan fingerprint density at radius 3 is 2.56 bits per heavy atom. The molecule has 3 rings (SSSR count). The Morgan fingerprint density at radius 2 is 1.92 bits per heavy atom. The van der Waals surface area contributed by atoms with Crippen molar-refractivity contribution in [2.24, 2.45) is 0 Å². The number of allylic oxidation sites excluding steroid dienone is 1. The average molecular weight is 338 g/mol. The third-order valence-electron chi connectivity index (χ3n) is 4.55. The molecule has 0 saturated heterocycles. The molecule has 0 amide bonds. The van der Waals surface area contributed by atoms with Gasteiger partial charge in [0.05, 0.1) is 7.11 Å². The van der Waals surface area contributed by atoms with Gasteiger partial charge >= 0.3 is 5.97 Å². The van der Waals surface area contributed by atoms with Crippen LogP contribution in [0.4, 0.5) is 0 Å². The van der Waals surface area contributed by atoms with E-state index in [0.717, 1.165) is 40.9 Å². The number of hydrogen-bond acceptors (Lipinski definition) is 3. The molecule has 4 nitrogen and oxygen atoms in total. The number of hydrogen-bond donors (Lipinski definition) is 1. The van der Waals surface area contributed by atoms with Crippen LogP contribution in [0.25, 0.3) is 5.57 Å². The third kappa shape index (κ3) is 3.53. The summed E-state index contributed by atoms with van der Waals surface area (Å²) in [5.41, 5.74) is 4.43. The van der Waals surface area contributed by atoms with Crippen molar-refractivity contribution in [3.05, 3.63) is 64.7 Å². The maximum atomic E-state index is 11.6. The van der Waals surface area contributed by atoms with Crippen molar-refractivity contribution in [2.75, 3.05) is 7.11 Å². The van der Waals surface area contributed by atoms with Gasteiger partial charge in [0.15, 0.2) is 0 Å². The number of carbonyl (C=O) groups is 1. The van der Waals surface area contributed by atoms with Crippen molar-refractivity contribution in [2.45, 2.75) is 32.8 Å². The first kappa shape index (κ1) is 17.1. The average Bonchev–Trinajstić information content (AvgIpc) is 3.04. The first-order valence-electron chi connectivity index (χ1n) is 8.47. The SMILES string of the molecule is CCC(C(=O)O)=C1CCc2cc(OC)cc(OCc3ccccc3)c21. The summed E-state index contributed by atoms with van der Waals surface area (Å²) < 4.78 is 11.5. The van der Waals surface area contributed by atoms with Crippen molar-refractivity contribution >= 4 is 11.5 Å². The predicted octanol–water partition coefficient (Wildman–Crippen LogP) is 4.47. The minimum atomic E-state index is -0.852. The molecule has 0 atom stereocenters. The molecule has 2 aromatic carbocycles. The van der Waals surface area contributed by atoms with Crippen LogP contribution in [-0.2, 0) is 17.8 Å². The molecule has 0 unspecified atom stereocenters. The maximum absolute atomic E-state index is 11.6. The topological polar surface area (TPSA) is 55.8 Å². The number of ether oxygens (including phenoxy) is 2. The molecule has 2 aromatic rings. The molecule has 130 valence electrons. The van der Waals surface area contributed by atoms with Gasteiger partial charge in [-0.25, -0.2) is 4.79 Å². The monoisotopic (exact) mass is 338 g/mol. The number of carboxylic acid groups (broad SMARTS) is 1. The van der Waals surface area contributed by atoms with Crippen molar-refractivity contribution in [1.82, 2.24) is 0 Å². The number of benzene rings is 2. The predicted molar refractivity (Wildman–Crippen MR) is 96.9 cm³/mol. The van der Waals surface area contributed by atoms with Gasteiger partial charge in [0.25, 0.3) is 0 Å². The molecular weight excluding hydrogens is 316 g/mol. The number of aliphatic carboxylic acids is 1. The van der Waals surface area contributed by atoms with Crippen LogP contribution in [0.15, 0.2) is 48.0 Å². The number of aryl methyl sites for hydroxylation is 1. The van der Waals surface area contributed by atoms with Crippen LogP contribution in [0.2, 0.25) is 0 Å². The summed E-state index contributed by atoms with van der Waals surface area (Å²) >= 11 is 0. The highest BCUT2D eigenvalue weighted by Gasteiger charge is 2.27. The van der Waals surface area contributed by atoms with Crippen molar-refractivity contribution in [3.63, 3.8) is 0 Å². The van der Waals surface area contributed by atoms with Crippen LogP contribution in [0, 0.1) is 0 Å². The van der Waals surface area contributed by atoms with E-state index < -0.39 is 5.97 Å². The second-order valence-electron chi connectivity index (χ2n) is 6.05. The summed E-state index contributed by atoms with van der Waals surface area (Å²) in [4.78, 5) is 11.6. The Morgan fingerprint density at radius 1 is 1.16 bits per heavy atom. The van der Waals surface area contributed by atoms with Crippen LogP contribution in [0.3, 0.4) is 0 Å². The van der Waals surface area contributed by atoms with Gasteiger partial charge in [-0.3, -0.25) is 0 Å². The van der Waals surface area contributed by atoms with Gasteiger partial charge in [-0.2, -0.15) is 0 Å². The first-order valence-corrected chi connectivity index (χ1v) is 8.47. The number of methoxy groups -OCH3 is 1. The standard InChI is InChI=1S/C21H22O4/c1-3-17(21(22)23)18-10-9-15-11-16(24-2)12-19(20(15)18)25-13-14-7-5-4-6-8-14/h4-8,11-12H,3,9-10,13H2,1-2H3,(H,22,23). The summed E-state index contributed by atoms with van der Waals surface area (Å²) in [5.74, 6) is 0.574. The van der Waals surface area contributed by atoms with E-state index in [1.54, 1.807) is 7.11 Å². The molecule has 0 saturated carbocycles. The second-order valence-corrected chi connectivity index (χ2v) is 6.05. The zero-order valence-corrected chi connectivity index (χ0v) is 14.5. The Bertz CT molecular complexity index is 806. The van der Waals surface area contributed by atoms with E-state index in [2.05, 4.69) is 0 Å². The van der Waals surface area contributed by atoms with Gasteiger partial charge in [0, 0.05) is 17.2 Å². The molecule has 0 aromatic heterocycles. The lowest BCUT2D eigenvalue weighted by Crippen LogP contribution is -2.04. The zero-order valence-electron chi connectivity index (χ0n) is 14.5. The third-order valence-corrected chi connectivity index (χ3v) is 4.55. The summed E-state index contributed by atoms with van der Waals surface area (Å²) in [5, 5.41) is 9.54. The second kappa shape index (κ2) is 7.43. The van der Waals surface area contributed by atoms with E-state index in [1.165, 1.54) is 0 Å².